The molecule has 0 radical (unpaired) electrons. The Labute approximate surface area is 193 Å². The van der Waals surface area contributed by atoms with Crippen LogP contribution in [0.1, 0.15) is 52.7 Å². The topological polar surface area (TPSA) is 40.1 Å². The smallest absolute Gasteiger partial charge is 0.872 e. The van der Waals surface area contributed by atoms with Crippen LogP contribution in [0.2, 0.25) is 0 Å². The normalized spacial score (nSPS) is 12.3. The summed E-state index contributed by atoms with van der Waals surface area (Å²) in [5.41, 5.74) is 2.36. The first-order chi connectivity index (χ1) is 13.4. The van der Waals surface area contributed by atoms with Crippen LogP contribution in [-0.4, -0.2) is 0 Å². The van der Waals surface area contributed by atoms with E-state index in [0.717, 1.165) is 0 Å². The Kier molecular flexibility index (Phi) is 7.20. The summed E-state index contributed by atoms with van der Waals surface area (Å²) >= 11 is 0. The summed E-state index contributed by atoms with van der Waals surface area (Å²) in [4.78, 5) is 0. The summed E-state index contributed by atoms with van der Waals surface area (Å²) in [5.74, 6) is -0.185. The van der Waals surface area contributed by atoms with Gasteiger partial charge in [0.1, 0.15) is 0 Å². The van der Waals surface area contributed by atoms with Crippen LogP contribution in [0.15, 0.2) is 72.8 Å². The first kappa shape index (κ1) is 24.6. The maximum Gasteiger partial charge on any atom is 1.00 e. The maximum absolute atomic E-state index is 14.6. The van der Waals surface area contributed by atoms with Crippen molar-refractivity contribution in [2.24, 2.45) is 0 Å². The molecule has 0 N–H and O–H groups in total. The van der Waals surface area contributed by atoms with Gasteiger partial charge in [-0.1, -0.05) is 120 Å². The molecule has 0 fully saturated rings. The van der Waals surface area contributed by atoms with E-state index in [2.05, 4.69) is 41.5 Å². The zero-order valence-electron chi connectivity index (χ0n) is 19.2. The van der Waals surface area contributed by atoms with E-state index in [1.54, 1.807) is 18.2 Å². The molecular weight excluding hydrogens is 382 g/mol. The van der Waals surface area contributed by atoms with Crippen molar-refractivity contribution in [3.8, 4) is 5.75 Å². The molecule has 0 unspecified atom stereocenters. The van der Waals surface area contributed by atoms with Crippen molar-refractivity contribution < 1.29 is 28.5 Å². The third-order valence-corrected chi connectivity index (χ3v) is 8.50. The van der Waals surface area contributed by atoms with Crippen LogP contribution in [-0.2, 0) is 15.4 Å². The standard InChI is InChI=1S/C26H31O2P.Li/c1-25(2,3)19-11-15-21(16-12-19)29(28,24-10-8-7-9-23(24)27)22-17-13-20(14-18-22)26(4,5)6;/h7-18,27H,1-6H3;/q;+1/p-1. The minimum absolute atomic E-state index is 0. The fourth-order valence-electron chi connectivity index (χ4n) is 3.49. The summed E-state index contributed by atoms with van der Waals surface area (Å²) in [6, 6.07) is 22.5. The van der Waals surface area contributed by atoms with E-state index in [0.29, 0.717) is 15.9 Å². The van der Waals surface area contributed by atoms with Crippen molar-refractivity contribution in [1.29, 1.82) is 0 Å². The van der Waals surface area contributed by atoms with E-state index in [9.17, 15) is 9.67 Å². The van der Waals surface area contributed by atoms with Gasteiger partial charge in [0, 0.05) is 15.9 Å². The molecule has 4 heteroatoms. The molecule has 152 valence electrons. The van der Waals surface area contributed by atoms with Crippen molar-refractivity contribution in [2.45, 2.75) is 52.4 Å². The van der Waals surface area contributed by atoms with Gasteiger partial charge in [0.15, 0.2) is 7.14 Å². The average molecular weight is 412 g/mol. The van der Waals surface area contributed by atoms with Crippen LogP contribution in [0.3, 0.4) is 0 Å². The summed E-state index contributed by atoms with van der Waals surface area (Å²) < 4.78 is 14.6. The first-order valence-corrected chi connectivity index (χ1v) is 11.7. The van der Waals surface area contributed by atoms with Gasteiger partial charge in [-0.15, -0.1) is 0 Å². The van der Waals surface area contributed by atoms with E-state index in [1.165, 1.54) is 17.2 Å². The van der Waals surface area contributed by atoms with Crippen molar-refractivity contribution in [2.75, 3.05) is 0 Å². The number of hydrogen-bond acceptors (Lipinski definition) is 2. The quantitative estimate of drug-likeness (QED) is 0.488. The van der Waals surface area contributed by atoms with Crippen LogP contribution in [0.25, 0.3) is 0 Å². The monoisotopic (exact) mass is 412 g/mol. The van der Waals surface area contributed by atoms with Crippen LogP contribution >= 0.6 is 7.14 Å². The molecule has 0 atom stereocenters. The van der Waals surface area contributed by atoms with E-state index >= 15 is 0 Å². The largest absolute Gasteiger partial charge is 1.00 e. The SMILES string of the molecule is CC(C)(C)c1ccc(P(=O)(c2ccc(C(C)(C)C)cc2)c2ccccc2[O-])cc1.[Li+]. The Morgan fingerprint density at radius 3 is 1.33 bits per heavy atom. The minimum Gasteiger partial charge on any atom is -0.872 e. The number of rotatable bonds is 3. The van der Waals surface area contributed by atoms with Gasteiger partial charge in [0.05, 0.1) is 0 Å². The van der Waals surface area contributed by atoms with Gasteiger partial charge in [-0.25, -0.2) is 0 Å². The van der Waals surface area contributed by atoms with Crippen molar-refractivity contribution in [1.82, 2.24) is 0 Å². The number of para-hydroxylation sites is 1. The molecule has 0 bridgehead atoms. The summed E-state index contributed by atoms with van der Waals surface area (Å²) in [6.45, 7) is 12.9. The molecule has 0 aliphatic rings. The van der Waals surface area contributed by atoms with E-state index in [-0.39, 0.29) is 35.4 Å². The molecule has 0 aliphatic carbocycles. The predicted molar refractivity (Wildman–Crippen MR) is 123 cm³/mol. The van der Waals surface area contributed by atoms with Gasteiger partial charge in [-0.05, 0) is 22.0 Å². The second kappa shape index (κ2) is 8.80. The van der Waals surface area contributed by atoms with E-state index in [4.69, 9.17) is 0 Å². The molecule has 0 saturated heterocycles. The molecule has 0 aromatic heterocycles. The third-order valence-electron chi connectivity index (χ3n) is 5.40. The van der Waals surface area contributed by atoms with Gasteiger partial charge < -0.3 is 9.67 Å². The molecule has 2 nitrogen and oxygen atoms in total. The molecule has 3 rings (SSSR count). The molecule has 0 saturated carbocycles. The fourth-order valence-corrected chi connectivity index (χ4v) is 6.16. The maximum atomic E-state index is 14.6. The Morgan fingerprint density at radius 1 is 0.633 bits per heavy atom. The second-order valence-electron chi connectivity index (χ2n) is 9.67. The fraction of sp³-hybridized carbons (Fsp3) is 0.308. The summed E-state index contributed by atoms with van der Waals surface area (Å²) in [5, 5.41) is 14.4. The predicted octanol–water partition coefficient (Wildman–Crippen LogP) is 2.00. The average Bonchev–Trinajstić information content (AvgIpc) is 2.67. The van der Waals surface area contributed by atoms with Gasteiger partial charge >= 0.3 is 18.9 Å². The Hall–Kier alpha value is -1.71. The van der Waals surface area contributed by atoms with Crippen molar-refractivity contribution in [3.05, 3.63) is 83.9 Å². The van der Waals surface area contributed by atoms with Crippen molar-refractivity contribution >= 4 is 23.1 Å². The first-order valence-electron chi connectivity index (χ1n) is 10.0. The number of benzene rings is 3. The van der Waals surface area contributed by atoms with Gasteiger partial charge in [-0.3, -0.25) is 0 Å². The Morgan fingerprint density at radius 2 is 1.00 bits per heavy atom. The molecule has 3 aromatic rings. The molecule has 0 heterocycles. The number of hydrogen-bond donors (Lipinski definition) is 0. The molecule has 3 aromatic carbocycles. The summed E-state index contributed by atoms with van der Waals surface area (Å²) in [6.07, 6.45) is 0. The van der Waals surface area contributed by atoms with Crippen LogP contribution in [0.4, 0.5) is 0 Å². The van der Waals surface area contributed by atoms with Crippen LogP contribution in [0.5, 0.6) is 5.75 Å². The Balaban J connectivity index is 0.00000320. The molecule has 30 heavy (non-hydrogen) atoms. The third kappa shape index (κ3) is 4.78. The van der Waals surface area contributed by atoms with E-state index < -0.39 is 7.14 Å². The molecule has 0 amide bonds. The van der Waals surface area contributed by atoms with Gasteiger partial charge in [-0.2, -0.15) is 0 Å². The molecule has 0 spiro atoms. The minimum atomic E-state index is -3.27. The second-order valence-corrected chi connectivity index (χ2v) is 12.4. The Bertz CT molecular complexity index is 979. The summed E-state index contributed by atoms with van der Waals surface area (Å²) in [7, 11) is -3.27. The zero-order valence-corrected chi connectivity index (χ0v) is 20.1. The van der Waals surface area contributed by atoms with Gasteiger partial charge in [0.2, 0.25) is 0 Å². The zero-order chi connectivity index (χ0) is 21.4. The molecular formula is C26H30LiO2P. The van der Waals surface area contributed by atoms with E-state index in [1.807, 2.05) is 48.5 Å². The van der Waals surface area contributed by atoms with Crippen LogP contribution in [0, 0.1) is 0 Å². The van der Waals surface area contributed by atoms with Crippen molar-refractivity contribution in [3.63, 3.8) is 0 Å². The molecule has 0 aliphatic heterocycles. The van der Waals surface area contributed by atoms with Crippen LogP contribution < -0.4 is 39.9 Å². The van der Waals surface area contributed by atoms with Gasteiger partial charge in [0.25, 0.3) is 0 Å².